The van der Waals surface area contributed by atoms with Gasteiger partial charge in [0, 0.05) is 43.9 Å². The molecule has 0 amide bonds. The molecule has 0 spiro atoms. The third kappa shape index (κ3) is 4.76. The van der Waals surface area contributed by atoms with Gasteiger partial charge in [-0.15, -0.1) is 11.3 Å². The fourth-order valence-corrected chi connectivity index (χ4v) is 7.20. The van der Waals surface area contributed by atoms with Gasteiger partial charge in [-0.1, -0.05) is 0 Å². The van der Waals surface area contributed by atoms with E-state index < -0.39 is 0 Å². The first-order valence-electron chi connectivity index (χ1n) is 12.9. The number of thiophene rings is 1. The van der Waals surface area contributed by atoms with Crippen LogP contribution in [0.15, 0.2) is 12.4 Å². The minimum atomic E-state index is 0.157. The normalized spacial score (nSPS) is 25.1. The molecule has 0 bridgehead atoms. The number of hydrogen-bond donors (Lipinski definition) is 2. The Balaban J connectivity index is 1.27. The summed E-state index contributed by atoms with van der Waals surface area (Å²) >= 11 is 1.75. The highest BCUT2D eigenvalue weighted by atomic mass is 32.1. The van der Waals surface area contributed by atoms with Crippen molar-refractivity contribution in [1.82, 2.24) is 24.6 Å². The number of nitrogens with zero attached hydrogens (tertiary/aromatic N) is 5. The summed E-state index contributed by atoms with van der Waals surface area (Å²) in [6.07, 6.45) is 11.1. The number of aliphatic hydroxyl groups is 1. The molecular weight excluding hydrogens is 464 g/mol. The fourth-order valence-electron chi connectivity index (χ4n) is 5.93. The number of ether oxygens (including phenoxy) is 2. The zero-order chi connectivity index (χ0) is 23.8. The van der Waals surface area contributed by atoms with E-state index in [4.69, 9.17) is 19.4 Å². The van der Waals surface area contributed by atoms with Crippen molar-refractivity contribution in [2.45, 2.75) is 63.0 Å². The van der Waals surface area contributed by atoms with E-state index in [0.29, 0.717) is 23.8 Å². The fraction of sp³-hybridized carbons (Fsp3) is 0.640. The molecule has 3 aromatic rings. The maximum Gasteiger partial charge on any atom is 0.232 e. The predicted molar refractivity (Wildman–Crippen MR) is 136 cm³/mol. The van der Waals surface area contributed by atoms with Crippen molar-refractivity contribution in [3.63, 3.8) is 0 Å². The minimum absolute atomic E-state index is 0.157. The van der Waals surface area contributed by atoms with E-state index in [1.54, 1.807) is 22.2 Å². The first kappa shape index (κ1) is 23.1. The Bertz CT molecular complexity index is 1170. The number of aryl methyl sites for hydroxylation is 2. The third-order valence-corrected chi connectivity index (χ3v) is 8.84. The van der Waals surface area contributed by atoms with Crippen LogP contribution in [0.3, 0.4) is 0 Å². The molecule has 1 aliphatic heterocycles. The maximum absolute atomic E-state index is 9.65. The van der Waals surface area contributed by atoms with E-state index in [2.05, 4.69) is 15.3 Å². The summed E-state index contributed by atoms with van der Waals surface area (Å²) in [5.41, 5.74) is 2.16. The first-order chi connectivity index (χ1) is 17.2. The van der Waals surface area contributed by atoms with Gasteiger partial charge >= 0.3 is 0 Å². The quantitative estimate of drug-likeness (QED) is 0.510. The SMILES string of the molecule is Cn1cc(Nc2nc(OC3CCC(N4CCOCC4)CC3)c3c4c(sc3n2)CCC4CCO)cn1. The van der Waals surface area contributed by atoms with Crippen LogP contribution in [-0.2, 0) is 18.2 Å². The van der Waals surface area contributed by atoms with Gasteiger partial charge in [-0.2, -0.15) is 10.1 Å². The van der Waals surface area contributed by atoms with Gasteiger partial charge in [0.15, 0.2) is 0 Å². The second kappa shape index (κ2) is 10.0. The van der Waals surface area contributed by atoms with Crippen molar-refractivity contribution in [1.29, 1.82) is 0 Å². The van der Waals surface area contributed by atoms with Crippen molar-refractivity contribution in [3.05, 3.63) is 22.8 Å². The van der Waals surface area contributed by atoms with Crippen LogP contribution in [0, 0.1) is 0 Å². The highest BCUT2D eigenvalue weighted by Gasteiger charge is 2.32. The number of hydrogen-bond acceptors (Lipinski definition) is 9. The van der Waals surface area contributed by atoms with Crippen LogP contribution < -0.4 is 10.1 Å². The van der Waals surface area contributed by atoms with Gasteiger partial charge in [-0.3, -0.25) is 9.58 Å². The molecule has 2 fully saturated rings. The van der Waals surface area contributed by atoms with Gasteiger partial charge < -0.3 is 19.9 Å². The van der Waals surface area contributed by atoms with E-state index in [1.165, 1.54) is 10.4 Å². The largest absolute Gasteiger partial charge is 0.474 e. The number of anilines is 2. The molecular formula is C25H34N6O3S. The Morgan fingerprint density at radius 1 is 1.17 bits per heavy atom. The van der Waals surface area contributed by atoms with Gasteiger partial charge in [0.25, 0.3) is 0 Å². The highest BCUT2D eigenvalue weighted by Crippen LogP contribution is 2.48. The van der Waals surface area contributed by atoms with Gasteiger partial charge in [0.1, 0.15) is 10.9 Å². The molecule has 0 aromatic carbocycles. The van der Waals surface area contributed by atoms with Crippen LogP contribution in [0.25, 0.3) is 10.2 Å². The average Bonchev–Trinajstić information content (AvgIpc) is 3.56. The van der Waals surface area contributed by atoms with E-state index in [1.807, 2.05) is 13.2 Å². The van der Waals surface area contributed by atoms with Crippen LogP contribution >= 0.6 is 11.3 Å². The van der Waals surface area contributed by atoms with Crippen molar-refractivity contribution >= 4 is 33.2 Å². The third-order valence-electron chi connectivity index (χ3n) is 7.68. The smallest absolute Gasteiger partial charge is 0.232 e. The van der Waals surface area contributed by atoms with Gasteiger partial charge in [-0.25, -0.2) is 4.98 Å². The van der Waals surface area contributed by atoms with Gasteiger partial charge in [-0.05, 0) is 56.4 Å². The Morgan fingerprint density at radius 3 is 2.74 bits per heavy atom. The van der Waals surface area contributed by atoms with Crippen molar-refractivity contribution < 1.29 is 14.6 Å². The van der Waals surface area contributed by atoms with Crippen LogP contribution in [0.4, 0.5) is 11.6 Å². The summed E-state index contributed by atoms with van der Waals surface area (Å²) in [6, 6.07) is 0.631. The highest BCUT2D eigenvalue weighted by molar-refractivity contribution is 7.19. The first-order valence-corrected chi connectivity index (χ1v) is 13.7. The second-order valence-electron chi connectivity index (χ2n) is 9.94. The summed E-state index contributed by atoms with van der Waals surface area (Å²) in [5, 5.41) is 18.3. The lowest BCUT2D eigenvalue weighted by Gasteiger charge is -2.38. The molecule has 3 aromatic heterocycles. The van der Waals surface area contributed by atoms with E-state index in [-0.39, 0.29) is 12.7 Å². The lowest BCUT2D eigenvalue weighted by Crippen LogP contribution is -2.46. The molecule has 1 atom stereocenters. The monoisotopic (exact) mass is 498 g/mol. The van der Waals surface area contributed by atoms with E-state index in [0.717, 1.165) is 87.2 Å². The minimum Gasteiger partial charge on any atom is -0.474 e. The molecule has 4 heterocycles. The number of fused-ring (bicyclic) bond motifs is 3. The Kier molecular flexibility index (Phi) is 6.62. The van der Waals surface area contributed by atoms with Crippen molar-refractivity contribution in [2.24, 2.45) is 7.05 Å². The summed E-state index contributed by atoms with van der Waals surface area (Å²) in [6.45, 7) is 3.98. The zero-order valence-corrected chi connectivity index (χ0v) is 21.1. The summed E-state index contributed by atoms with van der Waals surface area (Å²) in [4.78, 5) is 14.7. The molecule has 1 unspecified atom stereocenters. The molecule has 35 heavy (non-hydrogen) atoms. The molecule has 1 saturated heterocycles. The maximum atomic E-state index is 9.65. The van der Waals surface area contributed by atoms with E-state index in [9.17, 15) is 5.11 Å². The summed E-state index contributed by atoms with van der Waals surface area (Å²) in [5.74, 6) is 1.59. The molecule has 188 valence electrons. The molecule has 0 radical (unpaired) electrons. The van der Waals surface area contributed by atoms with Crippen LogP contribution in [0.5, 0.6) is 5.88 Å². The number of aromatic nitrogens is 4. The summed E-state index contributed by atoms with van der Waals surface area (Å²) in [7, 11) is 1.89. The van der Waals surface area contributed by atoms with Gasteiger partial charge in [0.2, 0.25) is 11.8 Å². The number of aliphatic hydroxyl groups excluding tert-OH is 1. The molecule has 10 heteroatoms. The Hall–Kier alpha value is -2.27. The standard InChI is InChI=1S/C25H34N6O3S/c1-30-15-17(14-26-30)27-25-28-23(22-21-16(8-11-32)2-7-20(21)35-24(22)29-25)34-19-5-3-18(4-6-19)31-9-12-33-13-10-31/h14-16,18-19,32H,2-13H2,1H3,(H,27,28,29). The molecule has 3 aliphatic rings. The lowest BCUT2D eigenvalue weighted by molar-refractivity contribution is -0.00125. The Labute approximate surface area is 209 Å². The van der Waals surface area contributed by atoms with Gasteiger partial charge in [0.05, 0.1) is 30.5 Å². The van der Waals surface area contributed by atoms with Crippen molar-refractivity contribution in [2.75, 3.05) is 38.2 Å². The van der Waals surface area contributed by atoms with Crippen LogP contribution in [0.1, 0.15) is 54.9 Å². The lowest BCUT2D eigenvalue weighted by atomic mass is 9.91. The predicted octanol–water partition coefficient (Wildman–Crippen LogP) is 3.60. The molecule has 1 saturated carbocycles. The van der Waals surface area contributed by atoms with E-state index >= 15 is 0 Å². The number of nitrogens with one attached hydrogen (secondary N) is 1. The molecule has 2 aliphatic carbocycles. The zero-order valence-electron chi connectivity index (χ0n) is 20.3. The number of morpholine rings is 1. The Morgan fingerprint density at radius 2 is 2.00 bits per heavy atom. The van der Waals surface area contributed by atoms with Crippen LogP contribution in [-0.4, -0.2) is 74.8 Å². The molecule has 9 nitrogen and oxygen atoms in total. The topological polar surface area (TPSA) is 97.6 Å². The molecule has 6 rings (SSSR count). The molecule has 2 N–H and O–H groups in total. The second-order valence-corrected chi connectivity index (χ2v) is 11.0. The summed E-state index contributed by atoms with van der Waals surface area (Å²) < 4.78 is 14.0. The van der Waals surface area contributed by atoms with Crippen molar-refractivity contribution in [3.8, 4) is 5.88 Å². The van der Waals surface area contributed by atoms with Crippen LogP contribution in [0.2, 0.25) is 0 Å². The average molecular weight is 499 g/mol. The number of rotatable bonds is 7.